The van der Waals surface area contributed by atoms with Crippen LogP contribution in [-0.4, -0.2) is 66.5 Å². The van der Waals surface area contributed by atoms with Gasteiger partial charge in [-0.15, -0.1) is 0 Å². The zero-order valence-electron chi connectivity index (χ0n) is 34.9. The van der Waals surface area contributed by atoms with Gasteiger partial charge in [0.15, 0.2) is 0 Å². The number of amides is 1. The van der Waals surface area contributed by atoms with Crippen LogP contribution in [0.2, 0.25) is 0 Å². The number of pyridine rings is 1. The largest absolute Gasteiger partial charge is 0.455 e. The average Bonchev–Trinajstić information content (AvgIpc) is 3.99. The Bertz CT molecular complexity index is 2770. The van der Waals surface area contributed by atoms with Crippen LogP contribution in [0.5, 0.6) is 11.5 Å². The molecule has 14 heteroatoms. The van der Waals surface area contributed by atoms with Gasteiger partial charge in [0, 0.05) is 49.5 Å². The van der Waals surface area contributed by atoms with Crippen molar-refractivity contribution in [2.75, 3.05) is 31.6 Å². The number of aromatic nitrogens is 2. The van der Waals surface area contributed by atoms with E-state index in [1.54, 1.807) is 24.4 Å². The molecule has 2 unspecified atom stereocenters. The van der Waals surface area contributed by atoms with Crippen molar-refractivity contribution in [3.8, 4) is 11.5 Å². The predicted molar refractivity (Wildman–Crippen MR) is 242 cm³/mol. The van der Waals surface area contributed by atoms with Gasteiger partial charge in [-0.1, -0.05) is 66.7 Å². The Labute approximate surface area is 366 Å². The minimum Gasteiger partial charge on any atom is -0.455 e. The Morgan fingerprint density at radius 3 is 2.59 bits per heavy atom. The molecule has 63 heavy (non-hydrogen) atoms. The van der Waals surface area contributed by atoms with Crippen LogP contribution < -0.4 is 14.8 Å². The summed E-state index contributed by atoms with van der Waals surface area (Å²) in [5, 5.41) is 16.0. The van der Waals surface area contributed by atoms with Crippen LogP contribution in [-0.2, 0) is 21.2 Å². The smallest absolute Gasteiger partial charge is 0.293 e. The first-order chi connectivity index (χ1) is 30.7. The second-order valence-corrected chi connectivity index (χ2v) is 18.3. The van der Waals surface area contributed by atoms with Crippen LogP contribution in [0.15, 0.2) is 126 Å². The van der Waals surface area contributed by atoms with Crippen molar-refractivity contribution >= 4 is 43.9 Å². The maximum absolute atomic E-state index is 14.0. The molecular formula is C49H50N6O7S. The van der Waals surface area contributed by atoms with Crippen molar-refractivity contribution in [2.24, 2.45) is 5.92 Å². The van der Waals surface area contributed by atoms with Gasteiger partial charge in [0.1, 0.15) is 22.8 Å². The van der Waals surface area contributed by atoms with E-state index in [-0.39, 0.29) is 22.9 Å². The molecule has 2 aliphatic heterocycles. The number of aromatic amines is 1. The summed E-state index contributed by atoms with van der Waals surface area (Å²) in [4.78, 5) is 35.2. The zero-order valence-corrected chi connectivity index (χ0v) is 35.7. The highest BCUT2D eigenvalue weighted by molar-refractivity contribution is 7.90. The van der Waals surface area contributed by atoms with Crippen LogP contribution >= 0.6 is 0 Å². The lowest BCUT2D eigenvalue weighted by Gasteiger charge is -2.36. The minimum atomic E-state index is -4.55. The standard InChI is InChI=1S/C49H50N6O7S/c56-49(53-63(59,60)41-17-19-44(46(30-41)55(57)58)51-31-34-21-25-61-26-22-34)43-18-14-36(29-47(43)62-40-28-38-20-23-50-48(38)52-32-40)35-12-15-39(16-13-35)54-24-6-11-45(54)42-10-5-4-9-37(42)27-33-7-2-1-3-8-33/h1-5,7-10,12,14,17-20,23,28-30,32,34,39,45,51H,6,11,13,15-16,21-22,24-27,31H2,(H,50,52)(H,53,56). The third kappa shape index (κ3) is 9.53. The molecule has 4 heterocycles. The fraction of sp³-hybridized carbons (Fsp3) is 0.306. The number of nitro benzene ring substituents is 1. The van der Waals surface area contributed by atoms with E-state index in [4.69, 9.17) is 9.47 Å². The molecule has 0 radical (unpaired) electrons. The van der Waals surface area contributed by atoms with Crippen LogP contribution in [0, 0.1) is 16.0 Å². The summed E-state index contributed by atoms with van der Waals surface area (Å²) in [5.74, 6) is -0.158. The molecule has 2 fully saturated rings. The molecule has 4 aromatic carbocycles. The van der Waals surface area contributed by atoms with Gasteiger partial charge >= 0.3 is 0 Å². The normalized spacial score (nSPS) is 18.5. The fourth-order valence-electron chi connectivity index (χ4n) is 9.30. The SMILES string of the molecule is O=C(NS(=O)(=O)c1ccc(NCC2CCOCC2)c([N+](=O)[O-])c1)c1ccc(C2=CCC(N3CCCC3c3ccccc3Cc3ccccc3)CC2)cc1Oc1cnc2[nH]ccc2c1. The second-order valence-electron chi connectivity index (χ2n) is 16.6. The number of allylic oxidation sites excluding steroid dienone is 1. The average molecular weight is 867 g/mol. The number of hydrogen-bond donors (Lipinski definition) is 3. The number of carbonyl (C=O) groups is 1. The number of hydrogen-bond acceptors (Lipinski definition) is 10. The van der Waals surface area contributed by atoms with Gasteiger partial charge in [0.2, 0.25) is 0 Å². The highest BCUT2D eigenvalue weighted by Crippen LogP contribution is 2.41. The van der Waals surface area contributed by atoms with E-state index in [1.165, 1.54) is 35.0 Å². The molecule has 0 spiro atoms. The van der Waals surface area contributed by atoms with Gasteiger partial charge in [0.25, 0.3) is 21.6 Å². The molecule has 3 aliphatic rings. The molecule has 1 aliphatic carbocycles. The lowest BCUT2D eigenvalue weighted by molar-refractivity contribution is -0.384. The summed E-state index contributed by atoms with van der Waals surface area (Å²) >= 11 is 0. The maximum atomic E-state index is 14.0. The van der Waals surface area contributed by atoms with Gasteiger partial charge in [-0.05, 0) is 128 Å². The predicted octanol–water partition coefficient (Wildman–Crippen LogP) is 9.58. The van der Waals surface area contributed by atoms with Crippen LogP contribution in [0.3, 0.4) is 0 Å². The number of fused-ring (bicyclic) bond motifs is 1. The molecule has 6 aromatic rings. The van der Waals surface area contributed by atoms with Crippen molar-refractivity contribution in [3.63, 3.8) is 0 Å². The zero-order chi connectivity index (χ0) is 43.3. The number of ether oxygens (including phenoxy) is 2. The summed E-state index contributed by atoms with van der Waals surface area (Å²) in [6.45, 7) is 2.79. The molecule has 3 N–H and O–H groups in total. The molecule has 2 saturated heterocycles. The Balaban J connectivity index is 0.946. The topological polar surface area (TPSA) is 169 Å². The molecular weight excluding hydrogens is 817 g/mol. The second kappa shape index (κ2) is 18.6. The van der Waals surface area contributed by atoms with Gasteiger partial charge < -0.3 is 19.8 Å². The molecule has 324 valence electrons. The third-order valence-electron chi connectivity index (χ3n) is 12.6. The quantitative estimate of drug-likeness (QED) is 0.0708. The summed E-state index contributed by atoms with van der Waals surface area (Å²) in [7, 11) is -4.55. The maximum Gasteiger partial charge on any atom is 0.293 e. The summed E-state index contributed by atoms with van der Waals surface area (Å²) in [6.07, 6.45) is 13.1. The number of nitrogens with zero attached hydrogens (tertiary/aromatic N) is 3. The lowest BCUT2D eigenvalue weighted by atomic mass is 9.88. The Kier molecular flexibility index (Phi) is 12.4. The molecule has 0 saturated carbocycles. The van der Waals surface area contributed by atoms with Crippen molar-refractivity contribution in [2.45, 2.75) is 68.3 Å². The number of nitrogens with one attached hydrogen (secondary N) is 3. The molecule has 9 rings (SSSR count). The van der Waals surface area contributed by atoms with Gasteiger partial charge in [-0.3, -0.25) is 19.8 Å². The number of likely N-dealkylation sites (tertiary alicyclic amines) is 1. The molecule has 0 bridgehead atoms. The monoisotopic (exact) mass is 866 g/mol. The van der Waals surface area contributed by atoms with E-state index in [0.717, 1.165) is 80.5 Å². The number of benzene rings is 4. The number of H-pyrrole nitrogens is 1. The van der Waals surface area contributed by atoms with Crippen molar-refractivity contribution in [3.05, 3.63) is 160 Å². The number of nitro groups is 1. The first kappa shape index (κ1) is 42.0. The van der Waals surface area contributed by atoms with E-state index in [0.29, 0.717) is 43.2 Å². The van der Waals surface area contributed by atoms with E-state index < -0.39 is 31.4 Å². The fourth-order valence-corrected chi connectivity index (χ4v) is 10.3. The summed E-state index contributed by atoms with van der Waals surface area (Å²) in [5.41, 5.74) is 6.50. The van der Waals surface area contributed by atoms with Crippen molar-refractivity contribution < 1.29 is 27.6 Å². The number of carbonyl (C=O) groups excluding carboxylic acids is 1. The Morgan fingerprint density at radius 1 is 0.952 bits per heavy atom. The third-order valence-corrected chi connectivity index (χ3v) is 14.0. The highest BCUT2D eigenvalue weighted by atomic mass is 32.2. The molecule has 1 amide bonds. The molecule has 2 aromatic heterocycles. The Hall–Kier alpha value is -6.35. The molecule has 2 atom stereocenters. The number of anilines is 1. The van der Waals surface area contributed by atoms with Crippen LogP contribution in [0.1, 0.15) is 83.6 Å². The highest BCUT2D eigenvalue weighted by Gasteiger charge is 2.34. The Morgan fingerprint density at radius 2 is 1.78 bits per heavy atom. The summed E-state index contributed by atoms with van der Waals surface area (Å²) < 4.78 is 41.3. The van der Waals surface area contributed by atoms with E-state index in [2.05, 4.69) is 85.6 Å². The first-order valence-electron chi connectivity index (χ1n) is 21.7. The number of sulfonamides is 1. The van der Waals surface area contributed by atoms with Crippen molar-refractivity contribution in [1.29, 1.82) is 0 Å². The van der Waals surface area contributed by atoms with Gasteiger partial charge in [0.05, 0.1) is 21.6 Å². The van der Waals surface area contributed by atoms with Crippen LogP contribution in [0.25, 0.3) is 16.6 Å². The lowest BCUT2D eigenvalue weighted by Crippen LogP contribution is -2.36. The summed E-state index contributed by atoms with van der Waals surface area (Å²) in [6, 6.07) is 32.6. The van der Waals surface area contributed by atoms with E-state index >= 15 is 0 Å². The van der Waals surface area contributed by atoms with Gasteiger partial charge in [-0.2, -0.15) is 0 Å². The van der Waals surface area contributed by atoms with Gasteiger partial charge in [-0.25, -0.2) is 18.1 Å². The van der Waals surface area contributed by atoms with Crippen molar-refractivity contribution in [1.82, 2.24) is 19.6 Å². The van der Waals surface area contributed by atoms with E-state index in [1.807, 2.05) is 12.1 Å². The number of rotatable bonds is 14. The first-order valence-corrected chi connectivity index (χ1v) is 23.2. The van der Waals surface area contributed by atoms with E-state index in [9.17, 15) is 23.3 Å². The van der Waals surface area contributed by atoms with Crippen LogP contribution in [0.4, 0.5) is 11.4 Å². The minimum absolute atomic E-state index is 0.0240. The molecule has 13 nitrogen and oxygen atoms in total.